The standard InChI is InChI=1S/C13H6ClF2N3O2/c14-11-7(6-17)3-4-18-12(11)19-8-1-2-9-10(5-8)21-13(15,16)20-9/h1-5H,(H,18,19). The van der Waals surface area contributed by atoms with Gasteiger partial charge in [-0.15, -0.1) is 8.78 Å². The third-order valence-corrected chi connectivity index (χ3v) is 3.06. The van der Waals surface area contributed by atoms with Gasteiger partial charge in [-0.2, -0.15) is 5.26 Å². The smallest absolute Gasteiger partial charge is 0.395 e. The van der Waals surface area contributed by atoms with Crippen LogP contribution < -0.4 is 14.8 Å². The molecule has 1 aromatic heterocycles. The van der Waals surface area contributed by atoms with Crippen molar-refractivity contribution in [2.45, 2.75) is 6.29 Å². The number of rotatable bonds is 2. The molecule has 0 aliphatic carbocycles. The van der Waals surface area contributed by atoms with Crippen molar-refractivity contribution in [1.82, 2.24) is 4.98 Å². The van der Waals surface area contributed by atoms with E-state index in [2.05, 4.69) is 19.8 Å². The number of anilines is 2. The Hall–Kier alpha value is -2.59. The molecule has 21 heavy (non-hydrogen) atoms. The Kier molecular flexibility index (Phi) is 3.03. The minimum absolute atomic E-state index is 0.0598. The van der Waals surface area contributed by atoms with Crippen molar-refractivity contribution in [1.29, 1.82) is 5.26 Å². The van der Waals surface area contributed by atoms with Crippen molar-refractivity contribution < 1.29 is 18.3 Å². The molecule has 1 aromatic carbocycles. The molecule has 8 heteroatoms. The number of hydrogen-bond donors (Lipinski definition) is 1. The predicted octanol–water partition coefficient (Wildman–Crippen LogP) is 3.67. The largest absolute Gasteiger partial charge is 0.586 e. The van der Waals surface area contributed by atoms with Crippen LogP contribution in [0.15, 0.2) is 30.5 Å². The number of nitrogens with zero attached hydrogens (tertiary/aromatic N) is 2. The van der Waals surface area contributed by atoms with Gasteiger partial charge < -0.3 is 14.8 Å². The van der Waals surface area contributed by atoms with Crippen LogP contribution in [-0.4, -0.2) is 11.3 Å². The second-order valence-electron chi connectivity index (χ2n) is 4.09. The summed E-state index contributed by atoms with van der Waals surface area (Å²) in [4.78, 5) is 3.99. The molecule has 1 N–H and O–H groups in total. The SMILES string of the molecule is N#Cc1ccnc(Nc2ccc3c(c2)OC(F)(F)O3)c1Cl. The van der Waals surface area contributed by atoms with Crippen molar-refractivity contribution in [3.63, 3.8) is 0 Å². The van der Waals surface area contributed by atoms with E-state index < -0.39 is 6.29 Å². The van der Waals surface area contributed by atoms with Gasteiger partial charge in [-0.1, -0.05) is 11.6 Å². The average Bonchev–Trinajstić information content (AvgIpc) is 2.74. The molecule has 0 radical (unpaired) electrons. The summed E-state index contributed by atoms with van der Waals surface area (Å²) in [6, 6.07) is 7.55. The van der Waals surface area contributed by atoms with E-state index in [1.807, 2.05) is 6.07 Å². The molecule has 0 bridgehead atoms. The molecule has 5 nitrogen and oxygen atoms in total. The molecule has 0 saturated heterocycles. The third kappa shape index (κ3) is 2.53. The highest BCUT2D eigenvalue weighted by Crippen LogP contribution is 2.42. The van der Waals surface area contributed by atoms with Gasteiger partial charge in [0, 0.05) is 18.0 Å². The summed E-state index contributed by atoms with van der Waals surface area (Å²) in [5.41, 5.74) is 0.668. The molecule has 2 heterocycles. The van der Waals surface area contributed by atoms with Gasteiger partial charge in [-0.3, -0.25) is 0 Å². The van der Waals surface area contributed by atoms with Gasteiger partial charge in [-0.05, 0) is 18.2 Å². The molecule has 0 fully saturated rings. The molecule has 0 saturated carbocycles. The van der Waals surface area contributed by atoms with Crippen molar-refractivity contribution in [2.75, 3.05) is 5.32 Å². The van der Waals surface area contributed by atoms with E-state index in [0.717, 1.165) is 0 Å². The topological polar surface area (TPSA) is 67.2 Å². The number of ether oxygens (including phenoxy) is 2. The second-order valence-corrected chi connectivity index (χ2v) is 4.46. The summed E-state index contributed by atoms with van der Waals surface area (Å²) in [6.45, 7) is 0. The summed E-state index contributed by atoms with van der Waals surface area (Å²) in [5, 5.41) is 11.9. The number of fused-ring (bicyclic) bond motifs is 1. The monoisotopic (exact) mass is 309 g/mol. The highest BCUT2D eigenvalue weighted by atomic mass is 35.5. The molecule has 0 amide bonds. The Morgan fingerprint density at radius 3 is 2.76 bits per heavy atom. The fourth-order valence-electron chi connectivity index (χ4n) is 1.78. The molecule has 3 rings (SSSR count). The number of benzene rings is 1. The van der Waals surface area contributed by atoms with Crippen LogP contribution in [0.3, 0.4) is 0 Å². The maximum absolute atomic E-state index is 12.9. The quantitative estimate of drug-likeness (QED) is 0.916. The number of pyridine rings is 1. The van der Waals surface area contributed by atoms with Crippen LogP contribution >= 0.6 is 11.6 Å². The summed E-state index contributed by atoms with van der Waals surface area (Å²) in [6.07, 6.45) is -2.26. The summed E-state index contributed by atoms with van der Waals surface area (Å²) in [7, 11) is 0. The average molecular weight is 310 g/mol. The molecule has 106 valence electrons. The van der Waals surface area contributed by atoms with E-state index >= 15 is 0 Å². The zero-order valence-electron chi connectivity index (χ0n) is 10.2. The van der Waals surface area contributed by atoms with Crippen LogP contribution in [0.2, 0.25) is 5.02 Å². The van der Waals surface area contributed by atoms with E-state index in [0.29, 0.717) is 5.69 Å². The molecule has 0 unspecified atom stereocenters. The Labute approximate surface area is 122 Å². The minimum Gasteiger partial charge on any atom is -0.395 e. The molecule has 1 aliphatic rings. The maximum Gasteiger partial charge on any atom is 0.586 e. The van der Waals surface area contributed by atoms with E-state index in [1.54, 1.807) is 0 Å². The first-order valence-electron chi connectivity index (χ1n) is 5.70. The van der Waals surface area contributed by atoms with E-state index in [-0.39, 0.29) is 27.9 Å². The fraction of sp³-hybridized carbons (Fsp3) is 0.0769. The van der Waals surface area contributed by atoms with E-state index in [9.17, 15) is 8.78 Å². The highest BCUT2D eigenvalue weighted by molar-refractivity contribution is 6.34. The molecular weight excluding hydrogens is 304 g/mol. The Morgan fingerprint density at radius 2 is 2.00 bits per heavy atom. The first kappa shape index (κ1) is 13.4. The predicted molar refractivity (Wildman–Crippen MR) is 69.9 cm³/mol. The van der Waals surface area contributed by atoms with Crippen LogP contribution in [0.5, 0.6) is 11.5 Å². The first-order chi connectivity index (χ1) is 9.98. The summed E-state index contributed by atoms with van der Waals surface area (Å²) in [5.74, 6) is 0.0780. The first-order valence-corrected chi connectivity index (χ1v) is 6.08. The van der Waals surface area contributed by atoms with Crippen molar-refractivity contribution in [3.8, 4) is 17.6 Å². The van der Waals surface area contributed by atoms with Gasteiger partial charge in [0.25, 0.3) is 0 Å². The lowest BCUT2D eigenvalue weighted by atomic mass is 10.2. The zero-order chi connectivity index (χ0) is 15.0. The van der Waals surface area contributed by atoms with Crippen LogP contribution in [0.4, 0.5) is 20.3 Å². The van der Waals surface area contributed by atoms with E-state index in [1.165, 1.54) is 30.5 Å². The minimum atomic E-state index is -3.67. The highest BCUT2D eigenvalue weighted by Gasteiger charge is 2.43. The van der Waals surface area contributed by atoms with Crippen molar-refractivity contribution in [2.24, 2.45) is 0 Å². The lowest BCUT2D eigenvalue weighted by Crippen LogP contribution is -2.25. The number of nitrogens with one attached hydrogen (secondary N) is 1. The van der Waals surface area contributed by atoms with Crippen LogP contribution in [0, 0.1) is 11.3 Å². The number of nitriles is 1. The Bertz CT molecular complexity index is 762. The number of hydrogen-bond acceptors (Lipinski definition) is 5. The Balaban J connectivity index is 1.90. The van der Waals surface area contributed by atoms with Gasteiger partial charge in [0.2, 0.25) is 0 Å². The Morgan fingerprint density at radius 1 is 1.24 bits per heavy atom. The second kappa shape index (κ2) is 4.75. The lowest BCUT2D eigenvalue weighted by Gasteiger charge is -2.08. The molecular formula is C13H6ClF2N3O2. The van der Waals surface area contributed by atoms with Gasteiger partial charge in [0.05, 0.1) is 5.56 Å². The van der Waals surface area contributed by atoms with E-state index in [4.69, 9.17) is 16.9 Å². The third-order valence-electron chi connectivity index (χ3n) is 2.67. The zero-order valence-corrected chi connectivity index (χ0v) is 11.0. The van der Waals surface area contributed by atoms with Crippen LogP contribution in [-0.2, 0) is 0 Å². The van der Waals surface area contributed by atoms with Gasteiger partial charge in [0.15, 0.2) is 17.3 Å². The van der Waals surface area contributed by atoms with Crippen molar-refractivity contribution >= 4 is 23.1 Å². The summed E-state index contributed by atoms with van der Waals surface area (Å²) >= 11 is 6.00. The number of aromatic nitrogens is 1. The van der Waals surface area contributed by atoms with Gasteiger partial charge in [0.1, 0.15) is 11.1 Å². The van der Waals surface area contributed by atoms with Crippen LogP contribution in [0.1, 0.15) is 5.56 Å². The number of alkyl halides is 2. The van der Waals surface area contributed by atoms with Crippen molar-refractivity contribution in [3.05, 3.63) is 41.0 Å². The fourth-order valence-corrected chi connectivity index (χ4v) is 1.98. The molecule has 0 atom stereocenters. The molecule has 1 aliphatic heterocycles. The lowest BCUT2D eigenvalue weighted by molar-refractivity contribution is -0.286. The van der Waals surface area contributed by atoms with Crippen LogP contribution in [0.25, 0.3) is 0 Å². The summed E-state index contributed by atoms with van der Waals surface area (Å²) < 4.78 is 34.5. The van der Waals surface area contributed by atoms with Gasteiger partial charge in [-0.25, -0.2) is 4.98 Å². The van der Waals surface area contributed by atoms with Gasteiger partial charge >= 0.3 is 6.29 Å². The maximum atomic E-state index is 12.9. The molecule has 2 aromatic rings. The normalized spacial score (nSPS) is 14.6. The number of halogens is 3. The molecule has 0 spiro atoms.